The van der Waals surface area contributed by atoms with E-state index in [1.54, 1.807) is 31.3 Å². The van der Waals surface area contributed by atoms with E-state index in [4.69, 9.17) is 0 Å². The van der Waals surface area contributed by atoms with E-state index in [0.717, 1.165) is 16.5 Å². The monoisotopic (exact) mass is 322 g/mol. The van der Waals surface area contributed by atoms with Crippen LogP contribution in [0.3, 0.4) is 0 Å². The molecule has 0 spiro atoms. The van der Waals surface area contributed by atoms with Crippen molar-refractivity contribution in [3.8, 4) is 0 Å². The average molecular weight is 322 g/mol. The number of benzene rings is 2. The van der Waals surface area contributed by atoms with Gasteiger partial charge in [0.2, 0.25) is 5.91 Å². The maximum absolute atomic E-state index is 12.4. The first-order chi connectivity index (χ1) is 11.6. The molecule has 6 heteroatoms. The largest absolute Gasteiger partial charge is 0.341 e. The summed E-state index contributed by atoms with van der Waals surface area (Å²) in [7, 11) is 0. The SMILES string of the molecule is Cc1ccccc1C(=O)NC(C)C(=O)Nc1cccc2[nH]ncc12. The van der Waals surface area contributed by atoms with Gasteiger partial charge in [-0.25, -0.2) is 0 Å². The second-order valence-corrected chi connectivity index (χ2v) is 5.64. The van der Waals surface area contributed by atoms with Crippen molar-refractivity contribution in [3.63, 3.8) is 0 Å². The fourth-order valence-electron chi connectivity index (χ4n) is 2.49. The molecule has 0 saturated heterocycles. The molecule has 0 fully saturated rings. The van der Waals surface area contributed by atoms with Crippen LogP contribution in [0.5, 0.6) is 0 Å². The Balaban J connectivity index is 1.70. The molecule has 6 nitrogen and oxygen atoms in total. The van der Waals surface area contributed by atoms with E-state index in [0.29, 0.717) is 11.3 Å². The van der Waals surface area contributed by atoms with E-state index in [1.165, 1.54) is 0 Å². The zero-order chi connectivity index (χ0) is 17.1. The maximum atomic E-state index is 12.4. The molecule has 3 rings (SSSR count). The summed E-state index contributed by atoms with van der Waals surface area (Å²) in [6.07, 6.45) is 1.65. The third-order valence-electron chi connectivity index (χ3n) is 3.87. The Morgan fingerprint density at radius 2 is 1.92 bits per heavy atom. The summed E-state index contributed by atoms with van der Waals surface area (Å²) in [6.45, 7) is 3.51. The van der Waals surface area contributed by atoms with E-state index in [9.17, 15) is 9.59 Å². The Labute approximate surface area is 139 Å². The number of amides is 2. The first kappa shape index (κ1) is 15.7. The summed E-state index contributed by atoms with van der Waals surface area (Å²) < 4.78 is 0. The van der Waals surface area contributed by atoms with Crippen LogP contribution in [0.4, 0.5) is 5.69 Å². The number of H-pyrrole nitrogens is 1. The number of aromatic amines is 1. The molecule has 1 heterocycles. The van der Waals surface area contributed by atoms with Gasteiger partial charge in [-0.3, -0.25) is 14.7 Å². The molecule has 0 saturated carbocycles. The Bertz CT molecular complexity index is 901. The maximum Gasteiger partial charge on any atom is 0.252 e. The number of rotatable bonds is 4. The number of fused-ring (bicyclic) bond motifs is 1. The lowest BCUT2D eigenvalue weighted by Gasteiger charge is -2.15. The van der Waals surface area contributed by atoms with Crippen molar-refractivity contribution < 1.29 is 9.59 Å². The van der Waals surface area contributed by atoms with Gasteiger partial charge in [0.05, 0.1) is 17.4 Å². The topological polar surface area (TPSA) is 86.9 Å². The normalized spacial score (nSPS) is 11.9. The summed E-state index contributed by atoms with van der Waals surface area (Å²) in [5, 5.41) is 13.2. The van der Waals surface area contributed by atoms with Gasteiger partial charge in [0.1, 0.15) is 6.04 Å². The number of hydrogen-bond acceptors (Lipinski definition) is 3. The van der Waals surface area contributed by atoms with Gasteiger partial charge in [-0.1, -0.05) is 24.3 Å². The molecule has 0 aliphatic carbocycles. The second kappa shape index (κ2) is 6.54. The summed E-state index contributed by atoms with van der Waals surface area (Å²) >= 11 is 0. The molecule has 24 heavy (non-hydrogen) atoms. The van der Waals surface area contributed by atoms with Crippen LogP contribution in [0.2, 0.25) is 0 Å². The number of carbonyl (C=O) groups excluding carboxylic acids is 2. The molecule has 0 aliphatic rings. The molecule has 0 bridgehead atoms. The van der Waals surface area contributed by atoms with Crippen molar-refractivity contribution in [2.24, 2.45) is 0 Å². The zero-order valence-corrected chi connectivity index (χ0v) is 13.5. The molecule has 3 aromatic rings. The lowest BCUT2D eigenvalue weighted by molar-refractivity contribution is -0.117. The van der Waals surface area contributed by atoms with Gasteiger partial charge < -0.3 is 10.6 Å². The fraction of sp³-hybridized carbons (Fsp3) is 0.167. The molecule has 2 amide bonds. The van der Waals surface area contributed by atoms with Gasteiger partial charge in [0.25, 0.3) is 5.91 Å². The first-order valence-corrected chi connectivity index (χ1v) is 7.65. The van der Waals surface area contributed by atoms with Crippen LogP contribution in [-0.4, -0.2) is 28.1 Å². The third kappa shape index (κ3) is 3.12. The molecule has 1 unspecified atom stereocenters. The predicted octanol–water partition coefficient (Wildman–Crippen LogP) is 2.63. The molecule has 122 valence electrons. The number of carbonyl (C=O) groups is 2. The second-order valence-electron chi connectivity index (χ2n) is 5.64. The molecule has 1 atom stereocenters. The Kier molecular flexibility index (Phi) is 4.29. The van der Waals surface area contributed by atoms with Gasteiger partial charge >= 0.3 is 0 Å². The van der Waals surface area contributed by atoms with Gasteiger partial charge in [0.15, 0.2) is 0 Å². The number of aromatic nitrogens is 2. The van der Waals surface area contributed by atoms with Crippen molar-refractivity contribution in [2.75, 3.05) is 5.32 Å². The van der Waals surface area contributed by atoms with Crippen LogP contribution in [0.1, 0.15) is 22.8 Å². The number of aryl methyl sites for hydroxylation is 1. The van der Waals surface area contributed by atoms with Gasteiger partial charge in [-0.05, 0) is 37.6 Å². The molecular weight excluding hydrogens is 304 g/mol. The van der Waals surface area contributed by atoms with Crippen molar-refractivity contribution in [1.82, 2.24) is 15.5 Å². The predicted molar refractivity (Wildman–Crippen MR) is 92.8 cm³/mol. The molecule has 3 N–H and O–H groups in total. The molecular formula is C18H18N4O2. The minimum Gasteiger partial charge on any atom is -0.341 e. The van der Waals surface area contributed by atoms with Crippen LogP contribution in [0.15, 0.2) is 48.7 Å². The summed E-state index contributed by atoms with van der Waals surface area (Å²) in [6, 6.07) is 12.1. The summed E-state index contributed by atoms with van der Waals surface area (Å²) in [5.41, 5.74) is 2.92. The smallest absolute Gasteiger partial charge is 0.252 e. The Morgan fingerprint density at radius 3 is 2.71 bits per heavy atom. The van der Waals surface area contributed by atoms with Crippen molar-refractivity contribution in [3.05, 3.63) is 59.8 Å². The van der Waals surface area contributed by atoms with Gasteiger partial charge in [-0.15, -0.1) is 0 Å². The van der Waals surface area contributed by atoms with E-state index >= 15 is 0 Å². The molecule has 1 aromatic heterocycles. The highest BCUT2D eigenvalue weighted by molar-refractivity contribution is 6.05. The third-order valence-corrected chi connectivity index (χ3v) is 3.87. The molecule has 2 aromatic carbocycles. The lowest BCUT2D eigenvalue weighted by atomic mass is 10.1. The molecule has 0 aliphatic heterocycles. The van der Waals surface area contributed by atoms with Crippen molar-refractivity contribution >= 4 is 28.4 Å². The van der Waals surface area contributed by atoms with E-state index < -0.39 is 6.04 Å². The van der Waals surface area contributed by atoms with Crippen LogP contribution in [-0.2, 0) is 4.79 Å². The first-order valence-electron chi connectivity index (χ1n) is 7.65. The van der Waals surface area contributed by atoms with E-state index in [-0.39, 0.29) is 11.8 Å². The number of nitrogens with one attached hydrogen (secondary N) is 3. The number of anilines is 1. The highest BCUT2D eigenvalue weighted by Crippen LogP contribution is 2.21. The zero-order valence-electron chi connectivity index (χ0n) is 13.5. The summed E-state index contributed by atoms with van der Waals surface area (Å²) in [5.74, 6) is -0.553. The Morgan fingerprint density at radius 1 is 1.12 bits per heavy atom. The summed E-state index contributed by atoms with van der Waals surface area (Å²) in [4.78, 5) is 24.7. The quantitative estimate of drug-likeness (QED) is 0.690. The van der Waals surface area contributed by atoms with E-state index in [1.807, 2.05) is 31.2 Å². The average Bonchev–Trinajstić information content (AvgIpc) is 3.04. The van der Waals surface area contributed by atoms with Gasteiger partial charge in [-0.2, -0.15) is 5.10 Å². The highest BCUT2D eigenvalue weighted by Gasteiger charge is 2.18. The van der Waals surface area contributed by atoms with Crippen molar-refractivity contribution in [1.29, 1.82) is 0 Å². The number of nitrogens with zero attached hydrogens (tertiary/aromatic N) is 1. The minimum atomic E-state index is -0.667. The fourth-order valence-corrected chi connectivity index (χ4v) is 2.49. The van der Waals surface area contributed by atoms with Crippen LogP contribution >= 0.6 is 0 Å². The highest BCUT2D eigenvalue weighted by atomic mass is 16.2. The van der Waals surface area contributed by atoms with Crippen LogP contribution in [0.25, 0.3) is 10.9 Å². The minimum absolute atomic E-state index is 0.266. The molecule has 0 radical (unpaired) electrons. The van der Waals surface area contributed by atoms with E-state index in [2.05, 4.69) is 20.8 Å². The van der Waals surface area contributed by atoms with Gasteiger partial charge in [0, 0.05) is 10.9 Å². The standard InChI is InChI=1S/C18H18N4O2/c1-11-6-3-4-7-13(11)18(24)20-12(2)17(23)21-15-8-5-9-16-14(15)10-19-22-16/h3-10,12H,1-2H3,(H,19,22)(H,20,24)(H,21,23). The Hall–Kier alpha value is -3.15. The number of hydrogen-bond donors (Lipinski definition) is 3. The van der Waals surface area contributed by atoms with Crippen molar-refractivity contribution in [2.45, 2.75) is 19.9 Å². The van der Waals surface area contributed by atoms with Crippen LogP contribution in [0, 0.1) is 6.92 Å². The lowest BCUT2D eigenvalue weighted by Crippen LogP contribution is -2.41. The van der Waals surface area contributed by atoms with Crippen LogP contribution < -0.4 is 10.6 Å².